The number of carbonyl (C=O) groups excluding carboxylic acids is 2. The molecule has 25 heavy (non-hydrogen) atoms. The average Bonchev–Trinajstić information content (AvgIpc) is 2.97. The van der Waals surface area contributed by atoms with Gasteiger partial charge >= 0.3 is 12.1 Å². The summed E-state index contributed by atoms with van der Waals surface area (Å²) >= 11 is 0. The lowest BCUT2D eigenvalue weighted by atomic mass is 9.98. The second kappa shape index (κ2) is 6.40. The van der Waals surface area contributed by atoms with Crippen LogP contribution >= 0.6 is 0 Å². The van der Waals surface area contributed by atoms with Crippen molar-refractivity contribution in [3.8, 4) is 0 Å². The number of ether oxygens (including phenoxy) is 4. The van der Waals surface area contributed by atoms with E-state index in [1.54, 1.807) is 0 Å². The molecule has 2 bridgehead atoms. The Hall–Kier alpha value is -1.96. The molecular formula is C18H21NO6. The minimum absolute atomic E-state index is 0.0994. The third-order valence-corrected chi connectivity index (χ3v) is 4.91. The molecule has 4 aliphatic rings. The molecule has 1 aromatic carbocycles. The van der Waals surface area contributed by atoms with Gasteiger partial charge in [0.15, 0.2) is 0 Å². The van der Waals surface area contributed by atoms with Crippen LogP contribution in [0.1, 0.15) is 18.9 Å². The van der Waals surface area contributed by atoms with Crippen LogP contribution in [0.25, 0.3) is 0 Å². The normalized spacial score (nSPS) is 34.4. The minimum Gasteiger partial charge on any atom is -0.444 e. The van der Waals surface area contributed by atoms with Crippen LogP contribution in [0.5, 0.6) is 0 Å². The van der Waals surface area contributed by atoms with Crippen LogP contribution in [0.2, 0.25) is 0 Å². The van der Waals surface area contributed by atoms with Gasteiger partial charge in [-0.3, -0.25) is 4.79 Å². The molecule has 4 fully saturated rings. The van der Waals surface area contributed by atoms with Gasteiger partial charge in [-0.1, -0.05) is 37.3 Å². The first-order valence-corrected chi connectivity index (χ1v) is 8.54. The maximum Gasteiger partial charge on any atom is 0.417 e. The molecule has 0 radical (unpaired) electrons. The molecule has 0 aliphatic carbocycles. The quantitative estimate of drug-likeness (QED) is 0.831. The van der Waals surface area contributed by atoms with Gasteiger partial charge in [0.25, 0.3) is 0 Å². The molecule has 2 atom stereocenters. The first kappa shape index (κ1) is 16.5. The van der Waals surface area contributed by atoms with Gasteiger partial charge in [-0.15, -0.1) is 0 Å². The largest absolute Gasteiger partial charge is 0.444 e. The summed E-state index contributed by atoms with van der Waals surface area (Å²) in [6.07, 6.45) is -0.465. The summed E-state index contributed by atoms with van der Waals surface area (Å²) in [5.41, 5.74) is 0.854. The molecule has 4 saturated heterocycles. The van der Waals surface area contributed by atoms with Gasteiger partial charge in [0.05, 0.1) is 19.8 Å². The van der Waals surface area contributed by atoms with E-state index in [0.717, 1.165) is 10.5 Å². The molecule has 2 amide bonds. The predicted molar refractivity (Wildman–Crippen MR) is 85.1 cm³/mol. The molecule has 0 unspecified atom stereocenters. The Balaban J connectivity index is 1.51. The zero-order valence-electron chi connectivity index (χ0n) is 14.1. The number of likely N-dealkylation sites (tertiary alicyclic amines) is 1. The summed E-state index contributed by atoms with van der Waals surface area (Å²) in [6, 6.07) is 8.68. The highest BCUT2D eigenvalue weighted by molar-refractivity contribution is 5.94. The molecule has 134 valence electrons. The number of nitrogens with zero attached hydrogens (tertiary/aromatic N) is 1. The fourth-order valence-corrected chi connectivity index (χ4v) is 3.63. The second-order valence-corrected chi connectivity index (χ2v) is 6.83. The number of amides is 2. The Kier molecular flexibility index (Phi) is 4.23. The lowest BCUT2D eigenvalue weighted by Crippen LogP contribution is -2.65. The first-order valence-electron chi connectivity index (χ1n) is 8.54. The van der Waals surface area contributed by atoms with Crippen LogP contribution in [0.4, 0.5) is 4.79 Å². The molecule has 0 saturated carbocycles. The van der Waals surface area contributed by atoms with E-state index in [0.29, 0.717) is 19.8 Å². The Morgan fingerprint density at radius 1 is 1.20 bits per heavy atom. The molecular weight excluding hydrogens is 326 g/mol. The summed E-state index contributed by atoms with van der Waals surface area (Å²) in [6.45, 7) is 3.50. The van der Waals surface area contributed by atoms with Crippen LogP contribution < -0.4 is 0 Å². The summed E-state index contributed by atoms with van der Waals surface area (Å²) in [5.74, 6) is -1.61. The van der Waals surface area contributed by atoms with Crippen LogP contribution in [0.15, 0.2) is 30.3 Å². The molecule has 0 N–H and O–H groups in total. The molecule has 0 spiro atoms. The van der Waals surface area contributed by atoms with E-state index >= 15 is 0 Å². The highest BCUT2D eigenvalue weighted by atomic mass is 16.9. The van der Waals surface area contributed by atoms with Crippen LogP contribution in [0, 0.1) is 11.8 Å². The lowest BCUT2D eigenvalue weighted by molar-refractivity contribution is -0.464. The van der Waals surface area contributed by atoms with Gasteiger partial charge in [0.1, 0.15) is 12.6 Å². The van der Waals surface area contributed by atoms with Crippen molar-refractivity contribution in [1.82, 2.24) is 4.90 Å². The number of benzene rings is 1. The highest BCUT2D eigenvalue weighted by Crippen LogP contribution is 2.42. The van der Waals surface area contributed by atoms with Gasteiger partial charge < -0.3 is 18.9 Å². The van der Waals surface area contributed by atoms with Crippen molar-refractivity contribution in [2.24, 2.45) is 11.8 Å². The average molecular weight is 347 g/mol. The van der Waals surface area contributed by atoms with Crippen molar-refractivity contribution in [1.29, 1.82) is 0 Å². The molecule has 7 nitrogen and oxygen atoms in total. The molecule has 5 rings (SSSR count). The second-order valence-electron chi connectivity index (χ2n) is 6.83. The van der Waals surface area contributed by atoms with E-state index in [9.17, 15) is 9.59 Å². The van der Waals surface area contributed by atoms with Gasteiger partial charge in [0, 0.05) is 12.3 Å². The van der Waals surface area contributed by atoms with Gasteiger partial charge in [0.2, 0.25) is 5.91 Å². The number of hydrogen-bond acceptors (Lipinski definition) is 6. The summed E-state index contributed by atoms with van der Waals surface area (Å²) in [4.78, 5) is 26.1. The minimum atomic E-state index is -1.37. The Morgan fingerprint density at radius 2 is 1.84 bits per heavy atom. The van der Waals surface area contributed by atoms with Crippen molar-refractivity contribution in [3.05, 3.63) is 35.9 Å². The molecule has 1 aromatic rings. The van der Waals surface area contributed by atoms with Gasteiger partial charge in [-0.2, -0.15) is 0 Å². The third-order valence-electron chi connectivity index (χ3n) is 4.91. The third kappa shape index (κ3) is 2.92. The number of hydrogen-bond donors (Lipinski definition) is 0. The number of imide groups is 1. The SMILES string of the molecule is C[C@@H]1CC(=O)N(C(=O)OCc2ccccc2)[C@@H]1C12OCC(CO1)CO2. The first-order chi connectivity index (χ1) is 12.1. The Labute approximate surface area is 145 Å². The van der Waals surface area contributed by atoms with E-state index in [2.05, 4.69) is 0 Å². The maximum absolute atomic E-state index is 12.6. The Morgan fingerprint density at radius 3 is 2.48 bits per heavy atom. The predicted octanol–water partition coefficient (Wildman–Crippen LogP) is 1.91. The van der Waals surface area contributed by atoms with E-state index in [1.807, 2.05) is 37.3 Å². The standard InChI is InChI=1S/C18H21NO6/c1-12-7-15(20)19(17(21)22-8-13-5-3-2-4-6-13)16(12)18-23-9-14(10-24-18)11-25-18/h2-6,12,14,16H,7-11H2,1H3/t12-,14?,16+,18?/m1/s1. The molecule has 4 heterocycles. The van der Waals surface area contributed by atoms with E-state index in [4.69, 9.17) is 18.9 Å². The lowest BCUT2D eigenvalue weighted by Gasteiger charge is -2.49. The number of fused-ring (bicyclic) bond motifs is 3. The molecule has 0 aromatic heterocycles. The van der Waals surface area contributed by atoms with E-state index < -0.39 is 18.1 Å². The molecule has 4 aliphatic heterocycles. The number of carbonyl (C=O) groups is 2. The fourth-order valence-electron chi connectivity index (χ4n) is 3.63. The van der Waals surface area contributed by atoms with Crippen LogP contribution in [-0.4, -0.2) is 48.7 Å². The van der Waals surface area contributed by atoms with Crippen LogP contribution in [0.3, 0.4) is 0 Å². The number of rotatable bonds is 3. The summed E-state index contributed by atoms with van der Waals surface area (Å²) in [7, 11) is 0. The van der Waals surface area contributed by atoms with Crippen molar-refractivity contribution < 1.29 is 28.5 Å². The topological polar surface area (TPSA) is 74.3 Å². The van der Waals surface area contributed by atoms with Crippen molar-refractivity contribution in [3.63, 3.8) is 0 Å². The van der Waals surface area contributed by atoms with E-state index in [-0.39, 0.29) is 30.8 Å². The van der Waals surface area contributed by atoms with Crippen molar-refractivity contribution in [2.75, 3.05) is 19.8 Å². The molecule has 7 heteroatoms. The van der Waals surface area contributed by atoms with E-state index in [1.165, 1.54) is 0 Å². The van der Waals surface area contributed by atoms with Crippen LogP contribution in [-0.2, 0) is 30.3 Å². The van der Waals surface area contributed by atoms with Gasteiger partial charge in [-0.25, -0.2) is 9.69 Å². The summed E-state index contributed by atoms with van der Waals surface area (Å²) < 4.78 is 22.6. The Bertz CT molecular complexity index is 641. The zero-order valence-corrected chi connectivity index (χ0v) is 14.1. The fraction of sp³-hybridized carbons (Fsp3) is 0.556. The zero-order chi connectivity index (χ0) is 17.4. The highest BCUT2D eigenvalue weighted by Gasteiger charge is 2.60. The monoisotopic (exact) mass is 347 g/mol. The van der Waals surface area contributed by atoms with Crippen molar-refractivity contribution >= 4 is 12.0 Å². The van der Waals surface area contributed by atoms with Gasteiger partial charge in [-0.05, 0) is 11.5 Å². The van der Waals surface area contributed by atoms with Crippen molar-refractivity contribution in [2.45, 2.75) is 32.0 Å². The summed E-state index contributed by atoms with van der Waals surface area (Å²) in [5, 5.41) is 0. The smallest absolute Gasteiger partial charge is 0.417 e. The maximum atomic E-state index is 12.6.